The van der Waals surface area contributed by atoms with Gasteiger partial charge in [-0.1, -0.05) is 72.8 Å². The van der Waals surface area contributed by atoms with E-state index in [2.05, 4.69) is 34.3 Å². The van der Waals surface area contributed by atoms with Gasteiger partial charge >= 0.3 is 0 Å². The number of carbonyl (C=O) groups is 1. The molecular weight excluding hydrogens is 474 g/mol. The van der Waals surface area contributed by atoms with Crippen molar-refractivity contribution < 1.29 is 17.9 Å². The van der Waals surface area contributed by atoms with E-state index in [-0.39, 0.29) is 30.3 Å². The van der Waals surface area contributed by atoms with Crippen LogP contribution in [-0.2, 0) is 27.0 Å². The molecule has 2 fully saturated rings. The molecule has 0 spiro atoms. The average molecular weight is 506 g/mol. The molecule has 0 aliphatic carbocycles. The average Bonchev–Trinajstić information content (AvgIpc) is 3.42. The van der Waals surface area contributed by atoms with Crippen LogP contribution in [0.4, 0.5) is 0 Å². The Hall–Kier alpha value is -3.04. The first kappa shape index (κ1) is 24.6. The van der Waals surface area contributed by atoms with Crippen LogP contribution < -0.4 is 10.0 Å². The Morgan fingerprint density at radius 1 is 1.00 bits per heavy atom. The van der Waals surface area contributed by atoms with E-state index < -0.39 is 10.9 Å². The summed E-state index contributed by atoms with van der Waals surface area (Å²) < 4.78 is 30.2. The predicted molar refractivity (Wildman–Crippen MR) is 140 cm³/mol. The number of rotatable bonds is 7. The third kappa shape index (κ3) is 5.37. The zero-order valence-corrected chi connectivity index (χ0v) is 20.9. The van der Waals surface area contributed by atoms with Crippen molar-refractivity contribution in [2.24, 2.45) is 5.92 Å². The fourth-order valence-corrected chi connectivity index (χ4v) is 5.70. The van der Waals surface area contributed by atoms with Gasteiger partial charge in [0.05, 0.1) is 25.2 Å². The second kappa shape index (κ2) is 11.3. The third-order valence-corrected chi connectivity index (χ3v) is 7.55. The summed E-state index contributed by atoms with van der Waals surface area (Å²) in [4.78, 5) is 16.0. The number of carbonyl (C=O) groups excluding carboxylic acids is 1. The monoisotopic (exact) mass is 505 g/mol. The van der Waals surface area contributed by atoms with E-state index in [0.717, 1.165) is 34.4 Å². The summed E-state index contributed by atoms with van der Waals surface area (Å²) in [6.45, 7) is 3.25. The van der Waals surface area contributed by atoms with Crippen molar-refractivity contribution in [1.29, 1.82) is 0 Å². The normalized spacial score (nSPS) is 22.1. The highest BCUT2D eigenvalue weighted by Crippen LogP contribution is 2.38. The molecule has 0 aromatic heterocycles. The largest absolute Gasteiger partial charge is 0.377 e. The van der Waals surface area contributed by atoms with E-state index in [9.17, 15) is 13.2 Å². The summed E-state index contributed by atoms with van der Waals surface area (Å²) in [7, 11) is -2.65. The van der Waals surface area contributed by atoms with Crippen molar-refractivity contribution in [3.05, 3.63) is 95.6 Å². The van der Waals surface area contributed by atoms with Crippen LogP contribution >= 0.6 is 0 Å². The number of amides is 1. The van der Waals surface area contributed by atoms with Gasteiger partial charge in [0.1, 0.15) is 0 Å². The predicted octanol–water partition coefficient (Wildman–Crippen LogP) is 2.87. The Balaban J connectivity index is 1.43. The van der Waals surface area contributed by atoms with Crippen LogP contribution in [0.15, 0.2) is 78.9 Å². The van der Waals surface area contributed by atoms with Crippen LogP contribution in [0.3, 0.4) is 0 Å². The number of benzene rings is 3. The molecule has 2 aliphatic rings. The molecule has 0 unspecified atom stereocenters. The van der Waals surface area contributed by atoms with E-state index in [4.69, 9.17) is 4.74 Å². The lowest BCUT2D eigenvalue weighted by molar-refractivity contribution is -0.144. The summed E-state index contributed by atoms with van der Waals surface area (Å²) in [6.07, 6.45) is 0. The third-order valence-electron chi connectivity index (χ3n) is 7.14. The van der Waals surface area contributed by atoms with Crippen LogP contribution in [-0.4, -0.2) is 52.1 Å². The lowest BCUT2D eigenvalue weighted by atomic mass is 9.83. The molecule has 0 radical (unpaired) electrons. The first-order chi connectivity index (χ1) is 17.6. The Kier molecular flexibility index (Phi) is 7.77. The van der Waals surface area contributed by atoms with Gasteiger partial charge in [0.2, 0.25) is 16.8 Å². The van der Waals surface area contributed by atoms with Gasteiger partial charge in [0, 0.05) is 32.1 Å². The molecule has 3 atom stereocenters. The molecular formula is C28H31N3O4S. The molecule has 0 saturated carbocycles. The van der Waals surface area contributed by atoms with E-state index in [1.54, 1.807) is 0 Å². The minimum Gasteiger partial charge on any atom is -0.377 e. The molecule has 188 valence electrons. The summed E-state index contributed by atoms with van der Waals surface area (Å²) in [5.74, 6) is 0.0184. The number of ether oxygens (including phenoxy) is 1. The van der Waals surface area contributed by atoms with Crippen molar-refractivity contribution in [2.45, 2.75) is 18.5 Å². The van der Waals surface area contributed by atoms with Gasteiger partial charge in [-0.05, 0) is 33.9 Å². The lowest BCUT2D eigenvalue weighted by Gasteiger charge is -2.38. The molecule has 3 aromatic carbocycles. The van der Waals surface area contributed by atoms with Crippen LogP contribution in [0.5, 0.6) is 0 Å². The van der Waals surface area contributed by atoms with Crippen LogP contribution in [0.1, 0.15) is 28.7 Å². The molecule has 7 nitrogen and oxygen atoms in total. The van der Waals surface area contributed by atoms with Gasteiger partial charge < -0.3 is 15.0 Å². The fraction of sp³-hybridized carbons (Fsp3) is 0.321. The maximum absolute atomic E-state index is 14.0. The summed E-state index contributed by atoms with van der Waals surface area (Å²) in [5.41, 5.74) is 5.19. The van der Waals surface area contributed by atoms with Gasteiger partial charge in [-0.25, -0.2) is 13.1 Å². The van der Waals surface area contributed by atoms with Crippen molar-refractivity contribution >= 4 is 16.8 Å². The standard InChI is InChI=1S/C28H31N3O4S/c32-28(31-13-14-35-19-27(31)21-8-2-1-3-9-21)26-18-29-17-25(26)24-12-5-4-11-23(24)22-10-6-7-20(15-22)16-30-36(33)34/h1-12,15,25-27,29,36H,13-14,16-19H2,(H,30,33,34)/t25-,26+,27+/m0/s1. The molecule has 2 heterocycles. The number of hydrogen-bond donors (Lipinski definition) is 3. The van der Waals surface area contributed by atoms with Gasteiger partial charge in [-0.15, -0.1) is 0 Å². The Morgan fingerprint density at radius 3 is 2.64 bits per heavy atom. The quantitative estimate of drug-likeness (QED) is 0.430. The number of hydrogen-bond acceptors (Lipinski definition) is 5. The molecule has 2 saturated heterocycles. The van der Waals surface area contributed by atoms with Gasteiger partial charge in [0.15, 0.2) is 0 Å². The van der Waals surface area contributed by atoms with Crippen molar-refractivity contribution in [3.8, 4) is 11.1 Å². The Labute approximate surface area is 213 Å². The molecule has 36 heavy (non-hydrogen) atoms. The second-order valence-corrected chi connectivity index (χ2v) is 10.1. The molecule has 0 bridgehead atoms. The summed E-state index contributed by atoms with van der Waals surface area (Å²) in [6, 6.07) is 26.1. The number of morpholine rings is 1. The highest BCUT2D eigenvalue weighted by molar-refractivity contribution is 7.70. The Bertz CT molecular complexity index is 1270. The number of nitrogens with one attached hydrogen (secondary N) is 2. The molecule has 1 amide bonds. The van der Waals surface area contributed by atoms with Crippen LogP contribution in [0, 0.1) is 5.92 Å². The van der Waals surface area contributed by atoms with Crippen LogP contribution in [0.2, 0.25) is 0 Å². The fourth-order valence-electron chi connectivity index (χ4n) is 5.38. The van der Waals surface area contributed by atoms with E-state index in [0.29, 0.717) is 26.3 Å². The van der Waals surface area contributed by atoms with Gasteiger partial charge in [-0.3, -0.25) is 4.79 Å². The zero-order valence-electron chi connectivity index (χ0n) is 20.0. The van der Waals surface area contributed by atoms with Gasteiger partial charge in [-0.2, -0.15) is 0 Å². The molecule has 2 aliphatic heterocycles. The molecule has 5 rings (SSSR count). The van der Waals surface area contributed by atoms with Crippen LogP contribution in [0.25, 0.3) is 11.1 Å². The minimum atomic E-state index is -2.65. The van der Waals surface area contributed by atoms with Crippen molar-refractivity contribution in [3.63, 3.8) is 0 Å². The summed E-state index contributed by atoms with van der Waals surface area (Å²) in [5, 5.41) is 3.46. The Morgan fingerprint density at radius 2 is 1.81 bits per heavy atom. The highest BCUT2D eigenvalue weighted by atomic mass is 32.2. The topological polar surface area (TPSA) is 87.7 Å². The molecule has 2 N–H and O–H groups in total. The van der Waals surface area contributed by atoms with Gasteiger partial charge in [0.25, 0.3) is 0 Å². The number of nitrogens with zero attached hydrogens (tertiary/aromatic N) is 1. The zero-order chi connectivity index (χ0) is 24.9. The number of thiol groups is 1. The maximum Gasteiger partial charge on any atom is 0.228 e. The molecule has 8 heteroatoms. The first-order valence-electron chi connectivity index (χ1n) is 12.3. The summed E-state index contributed by atoms with van der Waals surface area (Å²) >= 11 is 0. The molecule has 3 aromatic rings. The highest BCUT2D eigenvalue weighted by Gasteiger charge is 2.40. The first-order valence-corrected chi connectivity index (χ1v) is 13.5. The van der Waals surface area contributed by atoms with E-state index >= 15 is 0 Å². The minimum absolute atomic E-state index is 0.0332. The maximum atomic E-state index is 14.0. The van der Waals surface area contributed by atoms with Crippen molar-refractivity contribution in [1.82, 2.24) is 14.9 Å². The van der Waals surface area contributed by atoms with E-state index in [1.807, 2.05) is 59.5 Å². The smallest absolute Gasteiger partial charge is 0.228 e. The van der Waals surface area contributed by atoms with Crippen molar-refractivity contribution in [2.75, 3.05) is 32.8 Å². The second-order valence-electron chi connectivity index (χ2n) is 9.28. The SMILES string of the molecule is O=C([C@@H]1CNC[C@H]1c1ccccc1-c1cccc(CN[SH](=O)=O)c1)N1CCOC[C@@H]1c1ccccc1. The lowest BCUT2D eigenvalue weighted by Crippen LogP contribution is -2.47. The van der Waals surface area contributed by atoms with E-state index in [1.165, 1.54) is 0 Å².